The maximum Gasteiger partial charge on any atom is 0.0405 e. The van der Waals surface area contributed by atoms with E-state index < -0.39 is 0 Å². The van der Waals surface area contributed by atoms with Crippen LogP contribution in [0, 0.1) is 13.8 Å². The van der Waals surface area contributed by atoms with Crippen LogP contribution in [0.25, 0.3) is 0 Å². The topological polar surface area (TPSA) is 24.9 Å². The summed E-state index contributed by atoms with van der Waals surface area (Å²) in [4.78, 5) is 4.26. The molecule has 1 heterocycles. The van der Waals surface area contributed by atoms with Crippen LogP contribution < -0.4 is 5.32 Å². The Morgan fingerprint density at radius 1 is 1.29 bits per heavy atom. The summed E-state index contributed by atoms with van der Waals surface area (Å²) in [6.07, 6.45) is 4.26. The van der Waals surface area contributed by atoms with Crippen LogP contribution >= 0.6 is 0 Å². The third kappa shape index (κ3) is 2.72. The van der Waals surface area contributed by atoms with E-state index in [1.807, 2.05) is 13.1 Å². The summed E-state index contributed by atoms with van der Waals surface area (Å²) in [6.45, 7) is 8.55. The summed E-state index contributed by atoms with van der Waals surface area (Å²) in [5.74, 6) is 0. The highest BCUT2D eigenvalue weighted by Gasteiger charge is 2.05. The van der Waals surface area contributed by atoms with Crippen molar-refractivity contribution in [2.45, 2.75) is 46.6 Å². The van der Waals surface area contributed by atoms with Crippen LogP contribution in [0.15, 0.2) is 12.3 Å². The number of aromatic nitrogens is 1. The minimum Gasteiger partial charge on any atom is -0.382 e. The number of aryl methyl sites for hydroxylation is 2. The zero-order valence-electron chi connectivity index (χ0n) is 9.59. The molecule has 1 aromatic rings. The van der Waals surface area contributed by atoms with Crippen molar-refractivity contribution in [1.29, 1.82) is 0 Å². The highest BCUT2D eigenvalue weighted by Crippen LogP contribution is 2.17. The Morgan fingerprint density at radius 2 is 1.93 bits per heavy atom. The van der Waals surface area contributed by atoms with Crippen molar-refractivity contribution < 1.29 is 0 Å². The molecule has 0 aromatic carbocycles. The van der Waals surface area contributed by atoms with Crippen LogP contribution in [-0.2, 0) is 0 Å². The minimum absolute atomic E-state index is 0.579. The first-order chi connectivity index (χ1) is 6.67. The molecule has 0 saturated carbocycles. The maximum atomic E-state index is 4.26. The Kier molecular flexibility index (Phi) is 3.93. The van der Waals surface area contributed by atoms with Gasteiger partial charge in [-0.2, -0.15) is 0 Å². The third-order valence-electron chi connectivity index (χ3n) is 2.59. The number of nitrogens with one attached hydrogen (secondary N) is 1. The highest BCUT2D eigenvalue weighted by atomic mass is 14.9. The van der Waals surface area contributed by atoms with E-state index in [1.165, 1.54) is 11.3 Å². The summed E-state index contributed by atoms with van der Waals surface area (Å²) in [6, 6.07) is 2.70. The van der Waals surface area contributed by atoms with Gasteiger partial charge in [-0.05, 0) is 38.3 Å². The summed E-state index contributed by atoms with van der Waals surface area (Å²) in [5, 5.41) is 3.55. The first-order valence-electron chi connectivity index (χ1n) is 5.37. The van der Waals surface area contributed by atoms with Gasteiger partial charge in [-0.1, -0.05) is 13.8 Å². The molecule has 1 rings (SSSR count). The van der Waals surface area contributed by atoms with Gasteiger partial charge in [0.05, 0.1) is 0 Å². The fourth-order valence-corrected chi connectivity index (χ4v) is 1.50. The average molecular weight is 192 g/mol. The van der Waals surface area contributed by atoms with E-state index in [4.69, 9.17) is 0 Å². The smallest absolute Gasteiger partial charge is 0.0405 e. The highest BCUT2D eigenvalue weighted by molar-refractivity contribution is 5.50. The SMILES string of the molecule is CCC(CC)Nc1cc(C)ncc1C. The predicted octanol–water partition coefficient (Wildman–Crippen LogP) is 3.30. The molecule has 1 aromatic heterocycles. The van der Waals surface area contributed by atoms with E-state index in [0.29, 0.717) is 6.04 Å². The van der Waals surface area contributed by atoms with Gasteiger partial charge in [-0.15, -0.1) is 0 Å². The van der Waals surface area contributed by atoms with Gasteiger partial charge in [0.15, 0.2) is 0 Å². The Labute approximate surface area is 86.8 Å². The standard InChI is InChI=1S/C12H20N2/c1-5-11(6-2)14-12-7-10(4)13-8-9(12)3/h7-8,11H,5-6H2,1-4H3,(H,13,14). The lowest BCUT2D eigenvalue weighted by Crippen LogP contribution is -2.17. The second kappa shape index (κ2) is 4.99. The van der Waals surface area contributed by atoms with Crippen molar-refractivity contribution in [3.05, 3.63) is 23.5 Å². The van der Waals surface area contributed by atoms with Crippen LogP contribution in [-0.4, -0.2) is 11.0 Å². The first kappa shape index (κ1) is 11.0. The Hall–Kier alpha value is -1.05. The van der Waals surface area contributed by atoms with Crippen molar-refractivity contribution in [2.75, 3.05) is 5.32 Å². The van der Waals surface area contributed by atoms with Gasteiger partial charge in [0, 0.05) is 23.6 Å². The molecule has 14 heavy (non-hydrogen) atoms. The summed E-state index contributed by atoms with van der Waals surface area (Å²) >= 11 is 0. The van der Waals surface area contributed by atoms with Gasteiger partial charge in [0.2, 0.25) is 0 Å². The molecular formula is C12H20N2. The molecule has 2 nitrogen and oxygen atoms in total. The van der Waals surface area contributed by atoms with E-state index in [9.17, 15) is 0 Å². The Bertz CT molecular complexity index is 290. The molecule has 0 spiro atoms. The van der Waals surface area contributed by atoms with Crippen LogP contribution in [0.5, 0.6) is 0 Å². The van der Waals surface area contributed by atoms with E-state index in [1.54, 1.807) is 0 Å². The van der Waals surface area contributed by atoms with Crippen molar-refractivity contribution >= 4 is 5.69 Å². The van der Waals surface area contributed by atoms with Gasteiger partial charge in [-0.25, -0.2) is 0 Å². The zero-order chi connectivity index (χ0) is 10.6. The molecule has 0 radical (unpaired) electrons. The lowest BCUT2D eigenvalue weighted by Gasteiger charge is -2.18. The molecule has 0 fully saturated rings. The predicted molar refractivity (Wildman–Crippen MR) is 61.7 cm³/mol. The van der Waals surface area contributed by atoms with Gasteiger partial charge in [0.25, 0.3) is 0 Å². The second-order valence-corrected chi connectivity index (χ2v) is 3.80. The molecule has 0 amide bonds. The number of rotatable bonds is 4. The lowest BCUT2D eigenvalue weighted by molar-refractivity contribution is 0.671. The molecular weight excluding hydrogens is 172 g/mol. The molecule has 0 bridgehead atoms. The van der Waals surface area contributed by atoms with Crippen LogP contribution in [0.2, 0.25) is 0 Å². The second-order valence-electron chi connectivity index (χ2n) is 3.80. The summed E-state index contributed by atoms with van der Waals surface area (Å²) in [5.41, 5.74) is 3.53. The van der Waals surface area contributed by atoms with E-state index in [0.717, 1.165) is 18.5 Å². The number of hydrogen-bond donors (Lipinski definition) is 1. The van der Waals surface area contributed by atoms with E-state index in [-0.39, 0.29) is 0 Å². The molecule has 0 aliphatic rings. The zero-order valence-corrected chi connectivity index (χ0v) is 9.59. The van der Waals surface area contributed by atoms with Crippen LogP contribution in [0.3, 0.4) is 0 Å². The first-order valence-corrected chi connectivity index (χ1v) is 5.37. The molecule has 2 heteroatoms. The fourth-order valence-electron chi connectivity index (χ4n) is 1.50. The molecule has 0 unspecified atom stereocenters. The maximum absolute atomic E-state index is 4.26. The number of nitrogens with zero attached hydrogens (tertiary/aromatic N) is 1. The Balaban J connectivity index is 2.79. The third-order valence-corrected chi connectivity index (χ3v) is 2.59. The molecule has 78 valence electrons. The molecule has 1 N–H and O–H groups in total. The normalized spacial score (nSPS) is 10.6. The van der Waals surface area contributed by atoms with Gasteiger partial charge < -0.3 is 5.32 Å². The molecule has 0 aliphatic carbocycles. The fraction of sp³-hybridized carbons (Fsp3) is 0.583. The summed E-state index contributed by atoms with van der Waals surface area (Å²) < 4.78 is 0. The van der Waals surface area contributed by atoms with Crippen LogP contribution in [0.4, 0.5) is 5.69 Å². The number of pyridine rings is 1. The molecule has 0 saturated heterocycles. The Morgan fingerprint density at radius 3 is 2.50 bits per heavy atom. The minimum atomic E-state index is 0.579. The van der Waals surface area contributed by atoms with Gasteiger partial charge in [0.1, 0.15) is 0 Å². The van der Waals surface area contributed by atoms with Gasteiger partial charge >= 0.3 is 0 Å². The van der Waals surface area contributed by atoms with Crippen molar-refractivity contribution in [1.82, 2.24) is 4.98 Å². The monoisotopic (exact) mass is 192 g/mol. The van der Waals surface area contributed by atoms with Crippen LogP contribution in [0.1, 0.15) is 37.9 Å². The molecule has 0 aliphatic heterocycles. The summed E-state index contributed by atoms with van der Waals surface area (Å²) in [7, 11) is 0. The largest absolute Gasteiger partial charge is 0.382 e. The van der Waals surface area contributed by atoms with E-state index in [2.05, 4.69) is 37.1 Å². The molecule has 0 atom stereocenters. The van der Waals surface area contributed by atoms with Crippen molar-refractivity contribution in [3.63, 3.8) is 0 Å². The number of hydrogen-bond acceptors (Lipinski definition) is 2. The van der Waals surface area contributed by atoms with Gasteiger partial charge in [-0.3, -0.25) is 4.98 Å². The number of anilines is 1. The van der Waals surface area contributed by atoms with Crippen molar-refractivity contribution in [3.8, 4) is 0 Å². The average Bonchev–Trinajstić information content (AvgIpc) is 2.19. The quantitative estimate of drug-likeness (QED) is 0.791. The van der Waals surface area contributed by atoms with E-state index >= 15 is 0 Å². The lowest BCUT2D eigenvalue weighted by atomic mass is 10.1. The van der Waals surface area contributed by atoms with Crippen molar-refractivity contribution in [2.24, 2.45) is 0 Å².